The molecule has 0 radical (unpaired) electrons. The number of anilines is 2. The first-order chi connectivity index (χ1) is 13.4. The van der Waals surface area contributed by atoms with Crippen molar-refractivity contribution < 1.29 is 14.0 Å². The summed E-state index contributed by atoms with van der Waals surface area (Å²) in [5.74, 6) is -0.780. The number of hydrogen-bond acceptors (Lipinski definition) is 3. The summed E-state index contributed by atoms with van der Waals surface area (Å²) in [5, 5.41) is 5.62. The molecule has 0 aromatic heterocycles. The Morgan fingerprint density at radius 2 is 1.61 bits per heavy atom. The van der Waals surface area contributed by atoms with Gasteiger partial charge in [-0.1, -0.05) is 25.4 Å². The Morgan fingerprint density at radius 3 is 2.18 bits per heavy atom. The summed E-state index contributed by atoms with van der Waals surface area (Å²) < 4.78 is 13.1. The second-order valence-electron chi connectivity index (χ2n) is 6.40. The summed E-state index contributed by atoms with van der Waals surface area (Å²) in [6.07, 6.45) is 1.82. The van der Waals surface area contributed by atoms with Crippen molar-refractivity contribution in [2.75, 3.05) is 30.3 Å². The number of nitrogens with one attached hydrogen (secondary N) is 2. The highest BCUT2D eigenvalue weighted by molar-refractivity contribution is 6.31. The molecule has 0 aliphatic heterocycles. The molecule has 2 amide bonds. The van der Waals surface area contributed by atoms with Gasteiger partial charge < -0.3 is 15.5 Å². The molecule has 0 aliphatic carbocycles. The van der Waals surface area contributed by atoms with E-state index in [1.165, 1.54) is 18.2 Å². The Morgan fingerprint density at radius 1 is 1.00 bits per heavy atom. The average Bonchev–Trinajstić information content (AvgIpc) is 2.69. The molecule has 0 fully saturated rings. The molecular formula is C21H25ClFN3O2. The highest BCUT2D eigenvalue weighted by atomic mass is 35.5. The summed E-state index contributed by atoms with van der Waals surface area (Å²) in [7, 11) is 0. The number of hydrogen-bond donors (Lipinski definition) is 2. The molecule has 0 unspecified atom stereocenters. The van der Waals surface area contributed by atoms with Gasteiger partial charge in [-0.2, -0.15) is 0 Å². The number of carbonyl (C=O) groups is 2. The van der Waals surface area contributed by atoms with Gasteiger partial charge in [-0.3, -0.25) is 9.59 Å². The molecule has 5 nitrogen and oxygen atoms in total. The van der Waals surface area contributed by atoms with E-state index in [4.69, 9.17) is 11.6 Å². The first-order valence-electron chi connectivity index (χ1n) is 9.32. The third-order valence-corrected chi connectivity index (χ3v) is 4.35. The van der Waals surface area contributed by atoms with Crippen LogP contribution in [0.15, 0.2) is 42.5 Å². The van der Waals surface area contributed by atoms with Gasteiger partial charge in [-0.05, 0) is 55.3 Å². The van der Waals surface area contributed by atoms with Gasteiger partial charge in [0, 0.05) is 30.0 Å². The molecule has 0 saturated carbocycles. The Balaban J connectivity index is 1.91. The van der Waals surface area contributed by atoms with E-state index in [1.807, 2.05) is 18.7 Å². The van der Waals surface area contributed by atoms with E-state index in [9.17, 15) is 14.0 Å². The van der Waals surface area contributed by atoms with E-state index in [2.05, 4.69) is 10.6 Å². The van der Waals surface area contributed by atoms with Crippen molar-refractivity contribution in [1.29, 1.82) is 0 Å². The van der Waals surface area contributed by atoms with E-state index < -0.39 is 5.82 Å². The molecule has 0 saturated heterocycles. The number of carbonyl (C=O) groups excluding carboxylic acids is 2. The molecule has 2 rings (SSSR count). The molecule has 2 aromatic rings. The van der Waals surface area contributed by atoms with Crippen LogP contribution in [0.4, 0.5) is 15.8 Å². The van der Waals surface area contributed by atoms with Crippen LogP contribution in [0.25, 0.3) is 0 Å². The third-order valence-electron chi connectivity index (χ3n) is 4.06. The molecule has 0 heterocycles. The van der Waals surface area contributed by atoms with Crippen LogP contribution in [-0.2, 0) is 4.79 Å². The maximum atomic E-state index is 13.1. The van der Waals surface area contributed by atoms with Crippen LogP contribution >= 0.6 is 11.6 Å². The fourth-order valence-electron chi connectivity index (χ4n) is 2.73. The second-order valence-corrected chi connectivity index (χ2v) is 6.81. The minimum Gasteiger partial charge on any atom is -0.376 e. The third kappa shape index (κ3) is 6.23. The van der Waals surface area contributed by atoms with Gasteiger partial charge in [0.15, 0.2) is 0 Å². The van der Waals surface area contributed by atoms with Crippen LogP contribution in [0.5, 0.6) is 0 Å². The number of rotatable bonds is 9. The van der Waals surface area contributed by atoms with Gasteiger partial charge in [0.05, 0.1) is 11.6 Å². The van der Waals surface area contributed by atoms with E-state index in [1.54, 1.807) is 24.3 Å². The molecule has 0 atom stereocenters. The summed E-state index contributed by atoms with van der Waals surface area (Å²) in [4.78, 5) is 26.5. The van der Waals surface area contributed by atoms with Crippen molar-refractivity contribution in [3.63, 3.8) is 0 Å². The van der Waals surface area contributed by atoms with Crippen LogP contribution in [-0.4, -0.2) is 36.3 Å². The van der Waals surface area contributed by atoms with Crippen molar-refractivity contribution in [3.05, 3.63) is 58.9 Å². The fraction of sp³-hybridized carbons (Fsp3) is 0.333. The fourth-order valence-corrected chi connectivity index (χ4v) is 2.91. The standard InChI is InChI=1S/C21H25ClFN3O2/c1-3-11-26(12-4-2)21(28)15-5-7-16(8-6-15)25-20(27)14-24-17-9-10-19(23)18(22)13-17/h5-10,13,24H,3-4,11-12,14H2,1-2H3,(H,25,27). The highest BCUT2D eigenvalue weighted by Gasteiger charge is 2.14. The lowest BCUT2D eigenvalue weighted by Gasteiger charge is -2.21. The van der Waals surface area contributed by atoms with Gasteiger partial charge >= 0.3 is 0 Å². The van der Waals surface area contributed by atoms with Gasteiger partial charge in [0.25, 0.3) is 5.91 Å². The molecule has 28 heavy (non-hydrogen) atoms. The highest BCUT2D eigenvalue weighted by Crippen LogP contribution is 2.19. The number of amides is 2. The topological polar surface area (TPSA) is 61.4 Å². The number of nitrogens with zero attached hydrogens (tertiary/aromatic N) is 1. The van der Waals surface area contributed by atoms with Gasteiger partial charge in [0.2, 0.25) is 5.91 Å². The minimum atomic E-state index is -0.511. The van der Waals surface area contributed by atoms with Gasteiger partial charge in [-0.15, -0.1) is 0 Å². The summed E-state index contributed by atoms with van der Waals surface area (Å²) in [6.45, 7) is 5.54. The summed E-state index contributed by atoms with van der Waals surface area (Å²) in [5.41, 5.74) is 1.74. The maximum absolute atomic E-state index is 13.1. The lowest BCUT2D eigenvalue weighted by molar-refractivity contribution is -0.114. The minimum absolute atomic E-state index is 0.00330. The molecule has 0 spiro atoms. The SMILES string of the molecule is CCCN(CCC)C(=O)c1ccc(NC(=O)CNc2ccc(F)c(Cl)c2)cc1. The molecular weight excluding hydrogens is 381 g/mol. The molecule has 2 aromatic carbocycles. The molecule has 0 aliphatic rings. The van der Waals surface area contributed by atoms with E-state index >= 15 is 0 Å². The molecule has 7 heteroatoms. The van der Waals surface area contributed by atoms with Crippen molar-refractivity contribution in [2.45, 2.75) is 26.7 Å². The molecule has 0 bridgehead atoms. The zero-order valence-corrected chi connectivity index (χ0v) is 16.9. The molecule has 150 valence electrons. The average molecular weight is 406 g/mol. The van der Waals surface area contributed by atoms with Gasteiger partial charge in [-0.25, -0.2) is 4.39 Å². The predicted octanol–water partition coefficient (Wildman–Crippen LogP) is 4.79. The van der Waals surface area contributed by atoms with Crippen LogP contribution in [0.2, 0.25) is 5.02 Å². The van der Waals surface area contributed by atoms with Gasteiger partial charge in [0.1, 0.15) is 5.82 Å². The summed E-state index contributed by atoms with van der Waals surface area (Å²) >= 11 is 5.71. The van der Waals surface area contributed by atoms with Crippen molar-refractivity contribution in [2.24, 2.45) is 0 Å². The Kier molecular flexibility index (Phi) is 8.26. The quantitative estimate of drug-likeness (QED) is 0.630. The Bertz CT molecular complexity index is 806. The maximum Gasteiger partial charge on any atom is 0.253 e. The van der Waals surface area contributed by atoms with Crippen molar-refractivity contribution in [1.82, 2.24) is 4.90 Å². The van der Waals surface area contributed by atoms with Crippen molar-refractivity contribution in [3.8, 4) is 0 Å². The zero-order valence-electron chi connectivity index (χ0n) is 16.1. The first kappa shape index (κ1) is 21.7. The molecule has 2 N–H and O–H groups in total. The van der Waals surface area contributed by atoms with Crippen molar-refractivity contribution >= 4 is 34.8 Å². The van der Waals surface area contributed by atoms with E-state index in [0.29, 0.717) is 16.9 Å². The first-order valence-corrected chi connectivity index (χ1v) is 9.70. The van der Waals surface area contributed by atoms with E-state index in [-0.39, 0.29) is 23.4 Å². The predicted molar refractivity (Wildman–Crippen MR) is 111 cm³/mol. The second kappa shape index (κ2) is 10.7. The van der Waals surface area contributed by atoms with Crippen LogP contribution in [0.1, 0.15) is 37.0 Å². The van der Waals surface area contributed by atoms with Crippen LogP contribution in [0.3, 0.4) is 0 Å². The number of benzene rings is 2. The Hall–Kier alpha value is -2.60. The lowest BCUT2D eigenvalue weighted by atomic mass is 10.1. The lowest BCUT2D eigenvalue weighted by Crippen LogP contribution is -2.32. The summed E-state index contributed by atoms with van der Waals surface area (Å²) in [6, 6.07) is 11.0. The van der Waals surface area contributed by atoms with Crippen LogP contribution in [0, 0.1) is 5.82 Å². The normalized spacial score (nSPS) is 10.4. The Labute approximate surface area is 169 Å². The largest absolute Gasteiger partial charge is 0.376 e. The van der Waals surface area contributed by atoms with Crippen LogP contribution < -0.4 is 10.6 Å². The number of halogens is 2. The smallest absolute Gasteiger partial charge is 0.253 e. The monoisotopic (exact) mass is 405 g/mol. The van der Waals surface area contributed by atoms with E-state index in [0.717, 1.165) is 25.9 Å². The zero-order chi connectivity index (χ0) is 20.5.